The highest BCUT2D eigenvalue weighted by molar-refractivity contribution is 7.88. The molecular weight excluding hydrogens is 468 g/mol. The lowest BCUT2D eigenvalue weighted by atomic mass is 9.89. The highest BCUT2D eigenvalue weighted by Gasteiger charge is 2.29. The van der Waals surface area contributed by atoms with E-state index in [9.17, 15) is 14.1 Å². The van der Waals surface area contributed by atoms with Crippen LogP contribution >= 0.6 is 0 Å². The number of carbonyl (C=O) groups is 1. The third-order valence-electron chi connectivity index (χ3n) is 6.59. The fourth-order valence-electron chi connectivity index (χ4n) is 4.81. The Labute approximate surface area is 206 Å². The van der Waals surface area contributed by atoms with Gasteiger partial charge in [-0.25, -0.2) is 10.4 Å². The number of ether oxygens (including phenoxy) is 2. The molecule has 0 spiro atoms. The zero-order valence-corrected chi connectivity index (χ0v) is 20.5. The van der Waals surface area contributed by atoms with Crippen LogP contribution in [0.1, 0.15) is 42.0 Å². The third kappa shape index (κ3) is 5.43. The number of pyridine rings is 1. The van der Waals surface area contributed by atoms with Crippen LogP contribution in [0.3, 0.4) is 0 Å². The molecule has 0 aliphatic carbocycles. The third-order valence-corrected chi connectivity index (χ3v) is 8.04. The maximum absolute atomic E-state index is 13.1. The minimum absolute atomic E-state index is 0.00810. The Hall–Kier alpha value is -3.11. The van der Waals surface area contributed by atoms with Gasteiger partial charge in [0.15, 0.2) is 11.5 Å². The van der Waals surface area contributed by atoms with E-state index in [2.05, 4.69) is 16.8 Å². The van der Waals surface area contributed by atoms with Crippen molar-refractivity contribution in [1.82, 2.24) is 15.4 Å². The number of nitrogens with one attached hydrogen (secondary N) is 2. The second-order valence-electron chi connectivity index (χ2n) is 9.08. The van der Waals surface area contributed by atoms with Gasteiger partial charge in [-0.3, -0.25) is 9.00 Å². The Bertz CT molecular complexity index is 1170. The lowest BCUT2D eigenvalue weighted by Gasteiger charge is -2.22. The van der Waals surface area contributed by atoms with Crippen LogP contribution in [-0.4, -0.2) is 57.5 Å². The van der Waals surface area contributed by atoms with Crippen LogP contribution in [0, 0.1) is 0 Å². The molecular formula is C25H30N4O5S. The summed E-state index contributed by atoms with van der Waals surface area (Å²) in [6.07, 6.45) is 5.28. The first kappa shape index (κ1) is 23.6. The molecule has 0 fully saturated rings. The van der Waals surface area contributed by atoms with Gasteiger partial charge in [0.05, 0.1) is 17.2 Å². The summed E-state index contributed by atoms with van der Waals surface area (Å²) >= 11 is 0. The van der Waals surface area contributed by atoms with Crippen LogP contribution in [0.15, 0.2) is 41.4 Å². The molecule has 3 atom stereocenters. The SMILES string of the molecule is CN1NC(CC(CC(=O)O)c2ccc3c(c2)OCO3)C=C1S(=O)CCc1ccc2c(n1)NCCC2. The van der Waals surface area contributed by atoms with Crippen LogP contribution in [0.5, 0.6) is 11.5 Å². The lowest BCUT2D eigenvalue weighted by Crippen LogP contribution is -2.36. The van der Waals surface area contributed by atoms with Crippen molar-refractivity contribution >= 4 is 22.6 Å². The average Bonchev–Trinajstić information content (AvgIpc) is 3.47. The summed E-state index contributed by atoms with van der Waals surface area (Å²) in [5.74, 6) is 1.63. The Balaban J connectivity index is 1.24. The van der Waals surface area contributed by atoms with Gasteiger partial charge in [0.25, 0.3) is 0 Å². The molecule has 0 amide bonds. The Kier molecular flexibility index (Phi) is 6.92. The number of hydrogen-bond donors (Lipinski definition) is 3. The normalized spacial score (nSPS) is 20.1. The van der Waals surface area contributed by atoms with E-state index in [4.69, 9.17) is 14.5 Å². The van der Waals surface area contributed by atoms with E-state index in [0.29, 0.717) is 35.1 Å². The van der Waals surface area contributed by atoms with Crippen molar-refractivity contribution in [2.45, 2.75) is 44.1 Å². The summed E-state index contributed by atoms with van der Waals surface area (Å²) in [4.78, 5) is 16.3. The van der Waals surface area contributed by atoms with E-state index < -0.39 is 16.8 Å². The molecule has 4 heterocycles. The number of hydrogen-bond acceptors (Lipinski definition) is 8. The highest BCUT2D eigenvalue weighted by Crippen LogP contribution is 2.37. The van der Waals surface area contributed by atoms with E-state index in [0.717, 1.165) is 36.5 Å². The molecule has 0 bridgehead atoms. The smallest absolute Gasteiger partial charge is 0.303 e. The van der Waals surface area contributed by atoms with Gasteiger partial charge < -0.3 is 24.9 Å². The van der Waals surface area contributed by atoms with Crippen molar-refractivity contribution in [1.29, 1.82) is 0 Å². The van der Waals surface area contributed by atoms with Gasteiger partial charge in [0, 0.05) is 37.5 Å². The largest absolute Gasteiger partial charge is 0.481 e. The minimum atomic E-state index is -1.21. The molecule has 5 rings (SSSR count). The first-order valence-corrected chi connectivity index (χ1v) is 13.2. The van der Waals surface area contributed by atoms with Crippen molar-refractivity contribution in [3.8, 4) is 11.5 Å². The minimum Gasteiger partial charge on any atom is -0.481 e. The van der Waals surface area contributed by atoms with Gasteiger partial charge in [-0.05, 0) is 60.6 Å². The number of hydrazine groups is 1. The summed E-state index contributed by atoms with van der Waals surface area (Å²) in [6.45, 7) is 1.11. The van der Waals surface area contributed by atoms with Crippen LogP contribution in [0.25, 0.3) is 0 Å². The maximum Gasteiger partial charge on any atom is 0.303 e. The first-order valence-electron chi connectivity index (χ1n) is 11.9. The number of fused-ring (bicyclic) bond motifs is 2. The molecule has 0 saturated carbocycles. The second kappa shape index (κ2) is 10.2. The van der Waals surface area contributed by atoms with Crippen LogP contribution in [0.4, 0.5) is 5.82 Å². The van der Waals surface area contributed by atoms with E-state index in [1.807, 2.05) is 37.4 Å². The van der Waals surface area contributed by atoms with Crippen molar-refractivity contribution < 1.29 is 23.6 Å². The molecule has 3 N–H and O–H groups in total. The molecule has 10 heteroatoms. The summed E-state index contributed by atoms with van der Waals surface area (Å²) < 4.78 is 24.0. The molecule has 0 saturated heterocycles. The first-order chi connectivity index (χ1) is 17.0. The van der Waals surface area contributed by atoms with Crippen molar-refractivity contribution in [2.75, 3.05) is 31.5 Å². The number of nitrogens with zero attached hydrogens (tertiary/aromatic N) is 2. The van der Waals surface area contributed by atoms with Gasteiger partial charge in [-0.2, -0.15) is 0 Å². The molecule has 2 aromatic rings. The number of anilines is 1. The van der Waals surface area contributed by atoms with E-state index in [1.165, 1.54) is 5.56 Å². The Morgan fingerprint density at radius 1 is 1.29 bits per heavy atom. The number of rotatable bonds is 9. The number of carboxylic acid groups (broad SMARTS) is 1. The second-order valence-corrected chi connectivity index (χ2v) is 10.6. The molecule has 0 radical (unpaired) electrons. The van der Waals surface area contributed by atoms with Gasteiger partial charge >= 0.3 is 5.97 Å². The topological polar surface area (TPSA) is 113 Å². The zero-order chi connectivity index (χ0) is 24.4. The number of carboxylic acids is 1. The van der Waals surface area contributed by atoms with E-state index in [-0.39, 0.29) is 25.2 Å². The number of aryl methyl sites for hydroxylation is 2. The number of benzene rings is 1. The predicted octanol–water partition coefficient (Wildman–Crippen LogP) is 2.77. The summed E-state index contributed by atoms with van der Waals surface area (Å²) in [7, 11) is 0.638. The monoisotopic (exact) mass is 498 g/mol. The standard InChI is InChI=1S/C25H30N4O5S/c1-29-23(35(32)10-8-19-6-4-16-3-2-9-26-25(16)27-19)14-20(28-29)11-18(13-24(30)31)17-5-7-21-22(12-17)34-15-33-21/h4-7,12,14,18,20,28H,2-3,8-11,13,15H2,1H3,(H,26,27)(H,30,31). The number of aromatic nitrogens is 1. The molecule has 9 nitrogen and oxygen atoms in total. The molecule has 186 valence electrons. The molecule has 1 aromatic carbocycles. The van der Waals surface area contributed by atoms with E-state index >= 15 is 0 Å². The predicted molar refractivity (Wildman–Crippen MR) is 133 cm³/mol. The molecule has 35 heavy (non-hydrogen) atoms. The van der Waals surface area contributed by atoms with Gasteiger partial charge in [0.1, 0.15) is 10.8 Å². The van der Waals surface area contributed by atoms with Crippen molar-refractivity contribution in [2.24, 2.45) is 0 Å². The fourth-order valence-corrected chi connectivity index (χ4v) is 6.09. The average molecular weight is 499 g/mol. The summed E-state index contributed by atoms with van der Waals surface area (Å²) in [5.41, 5.74) is 6.38. The summed E-state index contributed by atoms with van der Waals surface area (Å²) in [5, 5.41) is 15.3. The zero-order valence-electron chi connectivity index (χ0n) is 19.7. The van der Waals surface area contributed by atoms with Gasteiger partial charge in [-0.15, -0.1) is 0 Å². The van der Waals surface area contributed by atoms with Gasteiger partial charge in [0.2, 0.25) is 6.79 Å². The lowest BCUT2D eigenvalue weighted by molar-refractivity contribution is -0.137. The van der Waals surface area contributed by atoms with Gasteiger partial charge in [-0.1, -0.05) is 12.1 Å². The molecule has 1 aromatic heterocycles. The molecule has 3 unspecified atom stereocenters. The van der Waals surface area contributed by atoms with Crippen LogP contribution < -0.4 is 20.2 Å². The Morgan fingerprint density at radius 2 is 2.14 bits per heavy atom. The van der Waals surface area contributed by atoms with E-state index in [1.54, 1.807) is 5.01 Å². The van der Waals surface area contributed by atoms with Crippen molar-refractivity contribution in [3.05, 3.63) is 58.3 Å². The van der Waals surface area contributed by atoms with Crippen LogP contribution in [0.2, 0.25) is 0 Å². The highest BCUT2D eigenvalue weighted by atomic mass is 32.2. The van der Waals surface area contributed by atoms with Crippen LogP contribution in [-0.2, 0) is 28.4 Å². The fraction of sp³-hybridized carbons (Fsp3) is 0.440. The molecule has 3 aliphatic heterocycles. The quantitative estimate of drug-likeness (QED) is 0.480. The molecule has 3 aliphatic rings. The number of aliphatic carboxylic acids is 1. The summed E-state index contributed by atoms with van der Waals surface area (Å²) in [6, 6.07) is 9.59. The Morgan fingerprint density at radius 3 is 3.00 bits per heavy atom. The van der Waals surface area contributed by atoms with Crippen molar-refractivity contribution in [3.63, 3.8) is 0 Å². The maximum atomic E-state index is 13.1.